The molecule has 1 aliphatic heterocycles. The predicted octanol–water partition coefficient (Wildman–Crippen LogP) is 2.73. The van der Waals surface area contributed by atoms with Crippen LogP contribution in [0.4, 0.5) is 4.39 Å². The third-order valence-corrected chi connectivity index (χ3v) is 4.02. The maximum absolute atomic E-state index is 13.7. The van der Waals surface area contributed by atoms with E-state index < -0.39 is 0 Å². The van der Waals surface area contributed by atoms with Crippen LogP contribution in [0.15, 0.2) is 18.2 Å². The predicted molar refractivity (Wildman–Crippen MR) is 80.2 cm³/mol. The number of alkyl halides is 1. The van der Waals surface area contributed by atoms with Crippen molar-refractivity contribution in [1.29, 1.82) is 0 Å². The molecular weight excluding hydrogens is 255 g/mol. The highest BCUT2D eigenvalue weighted by Crippen LogP contribution is 2.32. The van der Waals surface area contributed by atoms with Crippen LogP contribution in [0.5, 0.6) is 5.75 Å². The summed E-state index contributed by atoms with van der Waals surface area (Å²) in [7, 11) is 1.65. The van der Waals surface area contributed by atoms with Crippen molar-refractivity contribution in [2.45, 2.75) is 25.8 Å². The highest BCUT2D eigenvalue weighted by Gasteiger charge is 2.25. The van der Waals surface area contributed by atoms with Crippen LogP contribution in [0.3, 0.4) is 0 Å². The van der Waals surface area contributed by atoms with Gasteiger partial charge >= 0.3 is 0 Å². The Morgan fingerprint density at radius 1 is 1.30 bits per heavy atom. The van der Waals surface area contributed by atoms with Crippen molar-refractivity contribution in [2.75, 3.05) is 40.0 Å². The van der Waals surface area contributed by atoms with Crippen LogP contribution in [0, 0.1) is 0 Å². The van der Waals surface area contributed by atoms with Gasteiger partial charge in [-0.3, -0.25) is 4.90 Å². The molecule has 1 N–H and O–H groups in total. The van der Waals surface area contributed by atoms with Gasteiger partial charge in [0, 0.05) is 31.7 Å². The first-order valence-electron chi connectivity index (χ1n) is 7.36. The summed E-state index contributed by atoms with van der Waals surface area (Å²) in [6.07, 6.45) is 0. The van der Waals surface area contributed by atoms with Gasteiger partial charge in [0.1, 0.15) is 12.4 Å². The van der Waals surface area contributed by atoms with Crippen LogP contribution in [-0.4, -0.2) is 44.9 Å². The standard InChI is InChI=1S/C16H25FN2O/c1-12(2)13-4-5-16(20-3)14(10-13)15(11-17)19-8-6-18-7-9-19/h4-5,10,12,15,18H,6-9,11H2,1-3H3/t15-/m1/s1. The molecule has 0 aliphatic carbocycles. The second-order valence-electron chi connectivity index (χ2n) is 5.61. The lowest BCUT2D eigenvalue weighted by atomic mass is 9.96. The van der Waals surface area contributed by atoms with Crippen LogP contribution >= 0.6 is 0 Å². The van der Waals surface area contributed by atoms with Crippen LogP contribution < -0.4 is 10.1 Å². The Balaban J connectivity index is 2.32. The van der Waals surface area contributed by atoms with Crippen molar-refractivity contribution in [3.63, 3.8) is 0 Å². The molecule has 20 heavy (non-hydrogen) atoms. The van der Waals surface area contributed by atoms with Gasteiger partial charge in [-0.05, 0) is 17.5 Å². The SMILES string of the molecule is COc1ccc(C(C)C)cc1[C@@H](CF)N1CCNCC1. The molecule has 1 heterocycles. The highest BCUT2D eigenvalue weighted by molar-refractivity contribution is 5.40. The normalized spacial score (nSPS) is 18.2. The average molecular weight is 280 g/mol. The summed E-state index contributed by atoms with van der Waals surface area (Å²) in [6.45, 7) is 7.53. The number of benzene rings is 1. The number of nitrogens with one attached hydrogen (secondary N) is 1. The fourth-order valence-corrected chi connectivity index (χ4v) is 2.74. The first-order chi connectivity index (χ1) is 9.67. The smallest absolute Gasteiger partial charge is 0.123 e. The molecule has 1 saturated heterocycles. The van der Waals surface area contributed by atoms with E-state index in [0.29, 0.717) is 5.92 Å². The minimum Gasteiger partial charge on any atom is -0.496 e. The van der Waals surface area contributed by atoms with E-state index in [1.807, 2.05) is 6.07 Å². The van der Waals surface area contributed by atoms with Crippen LogP contribution in [0.2, 0.25) is 0 Å². The molecule has 1 aromatic rings. The van der Waals surface area contributed by atoms with Crippen LogP contribution in [-0.2, 0) is 0 Å². The summed E-state index contributed by atoms with van der Waals surface area (Å²) in [5.41, 5.74) is 2.21. The summed E-state index contributed by atoms with van der Waals surface area (Å²) in [5, 5.41) is 3.31. The number of ether oxygens (including phenoxy) is 1. The Bertz CT molecular complexity index is 430. The topological polar surface area (TPSA) is 24.5 Å². The average Bonchev–Trinajstić information content (AvgIpc) is 2.49. The van der Waals surface area contributed by atoms with Crippen LogP contribution in [0.1, 0.15) is 36.9 Å². The Morgan fingerprint density at radius 3 is 2.55 bits per heavy atom. The van der Waals surface area contributed by atoms with E-state index >= 15 is 0 Å². The lowest BCUT2D eigenvalue weighted by Gasteiger charge is -2.34. The number of hydrogen-bond acceptors (Lipinski definition) is 3. The Hall–Kier alpha value is -1.13. The number of methoxy groups -OCH3 is 1. The van der Waals surface area contributed by atoms with Gasteiger partial charge in [0.05, 0.1) is 13.2 Å². The first kappa shape index (κ1) is 15.3. The third kappa shape index (κ3) is 3.30. The van der Waals surface area contributed by atoms with E-state index in [1.165, 1.54) is 5.56 Å². The maximum Gasteiger partial charge on any atom is 0.123 e. The Morgan fingerprint density at radius 2 is 2.00 bits per heavy atom. The lowest BCUT2D eigenvalue weighted by molar-refractivity contribution is 0.145. The van der Waals surface area contributed by atoms with Gasteiger partial charge in [0.2, 0.25) is 0 Å². The van der Waals surface area contributed by atoms with Gasteiger partial charge in [0.15, 0.2) is 0 Å². The molecule has 0 bridgehead atoms. The number of rotatable bonds is 5. The first-order valence-corrected chi connectivity index (χ1v) is 7.36. The van der Waals surface area contributed by atoms with Gasteiger partial charge < -0.3 is 10.1 Å². The molecule has 4 heteroatoms. The van der Waals surface area contributed by atoms with Crippen molar-refractivity contribution < 1.29 is 9.13 Å². The summed E-state index contributed by atoms with van der Waals surface area (Å²) in [4.78, 5) is 2.21. The van der Waals surface area contributed by atoms with E-state index in [1.54, 1.807) is 7.11 Å². The molecule has 3 nitrogen and oxygen atoms in total. The Labute approximate surface area is 121 Å². The molecule has 1 atom stereocenters. The zero-order valence-electron chi connectivity index (χ0n) is 12.7. The lowest BCUT2D eigenvalue weighted by Crippen LogP contribution is -2.45. The molecule has 0 unspecified atom stereocenters. The fraction of sp³-hybridized carbons (Fsp3) is 0.625. The number of hydrogen-bond donors (Lipinski definition) is 1. The highest BCUT2D eigenvalue weighted by atomic mass is 19.1. The van der Waals surface area contributed by atoms with Crippen molar-refractivity contribution in [3.8, 4) is 5.75 Å². The molecule has 112 valence electrons. The number of nitrogens with zero attached hydrogens (tertiary/aromatic N) is 1. The van der Waals surface area contributed by atoms with Gasteiger partial charge in [-0.15, -0.1) is 0 Å². The Kier molecular flexibility index (Phi) is 5.38. The molecule has 1 aromatic carbocycles. The number of halogens is 1. The van der Waals surface area contributed by atoms with Crippen LogP contribution in [0.25, 0.3) is 0 Å². The van der Waals surface area contributed by atoms with E-state index in [-0.39, 0.29) is 12.7 Å². The monoisotopic (exact) mass is 280 g/mol. The second-order valence-corrected chi connectivity index (χ2v) is 5.61. The van der Waals surface area contributed by atoms with Gasteiger partial charge in [-0.2, -0.15) is 0 Å². The van der Waals surface area contributed by atoms with Crippen molar-refractivity contribution in [1.82, 2.24) is 10.2 Å². The maximum atomic E-state index is 13.7. The second kappa shape index (κ2) is 7.04. The van der Waals surface area contributed by atoms with Gasteiger partial charge in [-0.25, -0.2) is 4.39 Å². The van der Waals surface area contributed by atoms with Gasteiger partial charge in [0.25, 0.3) is 0 Å². The molecule has 0 spiro atoms. The summed E-state index contributed by atoms with van der Waals surface area (Å²) in [5.74, 6) is 1.22. The quantitative estimate of drug-likeness (QED) is 0.897. The largest absolute Gasteiger partial charge is 0.496 e. The fourth-order valence-electron chi connectivity index (χ4n) is 2.74. The molecule has 0 saturated carbocycles. The van der Waals surface area contributed by atoms with E-state index in [4.69, 9.17) is 4.74 Å². The van der Waals surface area contributed by atoms with Gasteiger partial charge in [-0.1, -0.05) is 26.0 Å². The molecule has 0 aromatic heterocycles. The summed E-state index contributed by atoms with van der Waals surface area (Å²) < 4.78 is 19.1. The minimum absolute atomic E-state index is 0.203. The summed E-state index contributed by atoms with van der Waals surface area (Å²) in [6, 6.07) is 5.94. The van der Waals surface area contributed by atoms with Crippen molar-refractivity contribution in [3.05, 3.63) is 29.3 Å². The third-order valence-electron chi connectivity index (χ3n) is 4.02. The minimum atomic E-state index is -0.377. The molecule has 1 fully saturated rings. The summed E-state index contributed by atoms with van der Waals surface area (Å²) >= 11 is 0. The van der Waals surface area contributed by atoms with Crippen molar-refractivity contribution in [2.24, 2.45) is 0 Å². The molecular formula is C16H25FN2O. The molecule has 0 radical (unpaired) electrons. The number of piperazine rings is 1. The molecule has 1 aliphatic rings. The van der Waals surface area contributed by atoms with E-state index in [2.05, 4.69) is 36.2 Å². The van der Waals surface area contributed by atoms with Crippen molar-refractivity contribution >= 4 is 0 Å². The zero-order valence-corrected chi connectivity index (χ0v) is 12.7. The molecule has 0 amide bonds. The van der Waals surface area contributed by atoms with E-state index in [9.17, 15) is 4.39 Å². The van der Waals surface area contributed by atoms with E-state index in [0.717, 1.165) is 37.5 Å². The zero-order chi connectivity index (χ0) is 14.5. The molecule has 2 rings (SSSR count).